The molecule has 0 fully saturated rings. The minimum atomic E-state index is -3.65. The monoisotopic (exact) mass is 313 g/mol. The van der Waals surface area contributed by atoms with Crippen molar-refractivity contribution in [2.75, 3.05) is 13.6 Å². The Bertz CT molecular complexity index is 622. The van der Waals surface area contributed by atoms with Crippen molar-refractivity contribution in [2.24, 2.45) is 0 Å². The van der Waals surface area contributed by atoms with E-state index in [9.17, 15) is 18.3 Å². The second-order valence-electron chi connectivity index (χ2n) is 4.71. The van der Waals surface area contributed by atoms with E-state index in [1.165, 1.54) is 29.6 Å². The summed E-state index contributed by atoms with van der Waals surface area (Å²) in [6.07, 6.45) is 2.04. The molecule has 1 aromatic rings. The lowest BCUT2D eigenvalue weighted by molar-refractivity contribution is -0.131. The molecule has 0 spiro atoms. The molecule has 1 aromatic carbocycles. The number of aliphatic hydroxyl groups excluding tert-OH is 1. The fourth-order valence-corrected chi connectivity index (χ4v) is 2.86. The second-order valence-corrected chi connectivity index (χ2v) is 6.75. The average Bonchev–Trinajstić information content (AvgIpc) is 2.42. The zero-order chi connectivity index (χ0) is 16.0. The molecule has 0 bridgehead atoms. The Labute approximate surface area is 124 Å². The molecule has 1 unspecified atom stereocenters. The summed E-state index contributed by atoms with van der Waals surface area (Å²) in [5, 5.41) is 17.8. The molecule has 7 heteroatoms. The van der Waals surface area contributed by atoms with Crippen LogP contribution in [0.25, 0.3) is 6.08 Å². The van der Waals surface area contributed by atoms with E-state index in [0.29, 0.717) is 12.0 Å². The zero-order valence-electron chi connectivity index (χ0n) is 11.9. The smallest absolute Gasteiger partial charge is 0.328 e. The highest BCUT2D eigenvalue weighted by atomic mass is 32.2. The fraction of sp³-hybridized carbons (Fsp3) is 0.357. The zero-order valence-corrected chi connectivity index (χ0v) is 12.7. The number of carboxylic acid groups (broad SMARTS) is 1. The molecule has 21 heavy (non-hydrogen) atoms. The number of benzene rings is 1. The third kappa shape index (κ3) is 5.30. The normalized spacial score (nSPS) is 13.7. The quantitative estimate of drug-likeness (QED) is 0.737. The van der Waals surface area contributed by atoms with E-state index in [0.717, 1.165) is 6.08 Å². The highest BCUT2D eigenvalue weighted by Crippen LogP contribution is 2.17. The van der Waals surface area contributed by atoms with Gasteiger partial charge in [-0.05, 0) is 37.1 Å². The van der Waals surface area contributed by atoms with Gasteiger partial charge in [0, 0.05) is 19.7 Å². The van der Waals surface area contributed by atoms with E-state index < -0.39 is 22.1 Å². The molecule has 0 saturated heterocycles. The molecule has 0 heterocycles. The summed E-state index contributed by atoms with van der Waals surface area (Å²) in [5.74, 6) is -1.10. The van der Waals surface area contributed by atoms with Crippen LogP contribution in [0.1, 0.15) is 18.9 Å². The summed E-state index contributed by atoms with van der Waals surface area (Å²) in [7, 11) is -2.21. The minimum Gasteiger partial charge on any atom is -0.478 e. The van der Waals surface area contributed by atoms with Crippen LogP contribution in [-0.4, -0.2) is 48.6 Å². The summed E-state index contributed by atoms with van der Waals surface area (Å²) in [5.41, 5.74) is 0.488. The maximum absolute atomic E-state index is 12.3. The van der Waals surface area contributed by atoms with Crippen LogP contribution in [0.4, 0.5) is 0 Å². The predicted molar refractivity (Wildman–Crippen MR) is 79.2 cm³/mol. The first-order valence-electron chi connectivity index (χ1n) is 6.39. The van der Waals surface area contributed by atoms with E-state index in [2.05, 4.69) is 0 Å². The predicted octanol–water partition coefficient (Wildman–Crippen LogP) is 1.18. The van der Waals surface area contributed by atoms with Crippen LogP contribution in [0.15, 0.2) is 35.2 Å². The van der Waals surface area contributed by atoms with E-state index >= 15 is 0 Å². The SMILES string of the molecule is CC(O)CCN(C)S(=O)(=O)c1cccc(/C=C/C(=O)O)c1. The van der Waals surface area contributed by atoms with Gasteiger partial charge in [0.15, 0.2) is 0 Å². The third-order valence-electron chi connectivity index (χ3n) is 2.85. The van der Waals surface area contributed by atoms with Gasteiger partial charge in [-0.2, -0.15) is 0 Å². The van der Waals surface area contributed by atoms with E-state index in [1.807, 2.05) is 0 Å². The number of carbonyl (C=O) groups is 1. The van der Waals surface area contributed by atoms with Crippen molar-refractivity contribution in [2.45, 2.75) is 24.3 Å². The van der Waals surface area contributed by atoms with Gasteiger partial charge in [0.25, 0.3) is 0 Å². The van der Waals surface area contributed by atoms with Crippen molar-refractivity contribution < 1.29 is 23.4 Å². The molecule has 0 radical (unpaired) electrons. The van der Waals surface area contributed by atoms with Crippen LogP contribution >= 0.6 is 0 Å². The molecular weight excluding hydrogens is 294 g/mol. The van der Waals surface area contributed by atoms with Crippen LogP contribution < -0.4 is 0 Å². The van der Waals surface area contributed by atoms with Gasteiger partial charge in [0.2, 0.25) is 10.0 Å². The van der Waals surface area contributed by atoms with Gasteiger partial charge in [0.05, 0.1) is 11.0 Å². The van der Waals surface area contributed by atoms with Crippen molar-refractivity contribution >= 4 is 22.1 Å². The number of hydrogen-bond donors (Lipinski definition) is 2. The third-order valence-corrected chi connectivity index (χ3v) is 4.70. The molecule has 0 aliphatic rings. The van der Waals surface area contributed by atoms with Gasteiger partial charge >= 0.3 is 5.97 Å². The van der Waals surface area contributed by atoms with E-state index in [4.69, 9.17) is 5.11 Å². The maximum atomic E-state index is 12.3. The molecule has 2 N–H and O–H groups in total. The Morgan fingerprint density at radius 1 is 1.43 bits per heavy atom. The molecule has 1 rings (SSSR count). The Hall–Kier alpha value is -1.70. The first kappa shape index (κ1) is 17.4. The van der Waals surface area contributed by atoms with Gasteiger partial charge in [-0.25, -0.2) is 17.5 Å². The average molecular weight is 313 g/mol. The van der Waals surface area contributed by atoms with Crippen LogP contribution in [0.5, 0.6) is 0 Å². The van der Waals surface area contributed by atoms with Gasteiger partial charge in [-0.15, -0.1) is 0 Å². The molecule has 0 aromatic heterocycles. The standard InChI is InChI=1S/C14H19NO5S/c1-11(16)8-9-15(2)21(19,20)13-5-3-4-12(10-13)6-7-14(17)18/h3-7,10-11,16H,8-9H2,1-2H3,(H,17,18)/b7-6+. The summed E-state index contributed by atoms with van der Waals surface area (Å²) in [4.78, 5) is 10.6. The highest BCUT2D eigenvalue weighted by Gasteiger charge is 2.20. The molecule has 0 aliphatic carbocycles. The highest BCUT2D eigenvalue weighted by molar-refractivity contribution is 7.89. The van der Waals surface area contributed by atoms with Gasteiger partial charge in [-0.3, -0.25) is 0 Å². The fourth-order valence-electron chi connectivity index (χ4n) is 1.61. The molecule has 1 atom stereocenters. The first-order valence-corrected chi connectivity index (χ1v) is 7.83. The van der Waals surface area contributed by atoms with Gasteiger partial charge in [0.1, 0.15) is 0 Å². The lowest BCUT2D eigenvalue weighted by atomic mass is 10.2. The van der Waals surface area contributed by atoms with Crippen molar-refractivity contribution in [3.8, 4) is 0 Å². The number of carboxylic acids is 1. The number of aliphatic hydroxyl groups is 1. The van der Waals surface area contributed by atoms with E-state index in [-0.39, 0.29) is 11.4 Å². The van der Waals surface area contributed by atoms with Crippen LogP contribution in [0, 0.1) is 0 Å². The topological polar surface area (TPSA) is 94.9 Å². The lowest BCUT2D eigenvalue weighted by Crippen LogP contribution is -2.29. The van der Waals surface area contributed by atoms with Gasteiger partial charge in [-0.1, -0.05) is 12.1 Å². The molecule has 116 valence electrons. The number of sulfonamides is 1. The van der Waals surface area contributed by atoms with E-state index in [1.54, 1.807) is 19.1 Å². The Kier molecular flexibility index (Phi) is 6.07. The number of rotatable bonds is 7. The summed E-state index contributed by atoms with van der Waals surface area (Å²) in [6, 6.07) is 6.03. The molecule has 0 aliphatic heterocycles. The van der Waals surface area contributed by atoms with Crippen molar-refractivity contribution in [1.29, 1.82) is 0 Å². The summed E-state index contributed by atoms with van der Waals surface area (Å²) < 4.78 is 25.8. The Balaban J connectivity index is 2.98. The summed E-state index contributed by atoms with van der Waals surface area (Å²) in [6.45, 7) is 1.80. The number of nitrogens with zero attached hydrogens (tertiary/aromatic N) is 1. The lowest BCUT2D eigenvalue weighted by Gasteiger charge is -2.18. The number of aliphatic carboxylic acids is 1. The van der Waals surface area contributed by atoms with Crippen LogP contribution in [0.3, 0.4) is 0 Å². The van der Waals surface area contributed by atoms with Crippen molar-refractivity contribution in [1.82, 2.24) is 4.31 Å². The summed E-state index contributed by atoms with van der Waals surface area (Å²) >= 11 is 0. The Morgan fingerprint density at radius 3 is 2.67 bits per heavy atom. The van der Waals surface area contributed by atoms with Crippen molar-refractivity contribution in [3.63, 3.8) is 0 Å². The van der Waals surface area contributed by atoms with Crippen LogP contribution in [-0.2, 0) is 14.8 Å². The largest absolute Gasteiger partial charge is 0.478 e. The minimum absolute atomic E-state index is 0.0862. The molecule has 0 saturated carbocycles. The molecule has 0 amide bonds. The number of hydrogen-bond acceptors (Lipinski definition) is 4. The first-order chi connectivity index (χ1) is 9.73. The Morgan fingerprint density at radius 2 is 2.10 bits per heavy atom. The maximum Gasteiger partial charge on any atom is 0.328 e. The second kappa shape index (κ2) is 7.35. The van der Waals surface area contributed by atoms with Crippen molar-refractivity contribution in [3.05, 3.63) is 35.9 Å². The molecular formula is C14H19NO5S. The molecule has 6 nitrogen and oxygen atoms in total. The van der Waals surface area contributed by atoms with Gasteiger partial charge < -0.3 is 10.2 Å². The van der Waals surface area contributed by atoms with Crippen LogP contribution in [0.2, 0.25) is 0 Å².